The number of carbonyl (C=O) groups excluding carboxylic acids is 1. The average molecular weight is 388 g/mol. The lowest BCUT2D eigenvalue weighted by atomic mass is 9.99. The number of fused-ring (bicyclic) bond motifs is 5. The molecule has 1 aliphatic carbocycles. The second-order valence-electron chi connectivity index (χ2n) is 6.69. The number of carbonyl (C=O) groups is 1. The third-order valence-electron chi connectivity index (χ3n) is 4.65. The van der Waals surface area contributed by atoms with Gasteiger partial charge in [-0.05, 0) is 43.2 Å². The van der Waals surface area contributed by atoms with Crippen LogP contribution in [0.2, 0.25) is 0 Å². The van der Waals surface area contributed by atoms with Gasteiger partial charge in [0.05, 0.1) is 22.6 Å². The molecular weight excluding hydrogens is 366 g/mol. The highest BCUT2D eigenvalue weighted by Crippen LogP contribution is 2.42. The Morgan fingerprint density at radius 3 is 2.88 bits per heavy atom. The van der Waals surface area contributed by atoms with Crippen LogP contribution >= 0.6 is 23.1 Å². The number of pyridine rings is 1. The van der Waals surface area contributed by atoms with Crippen LogP contribution in [-0.2, 0) is 22.4 Å². The maximum atomic E-state index is 11.7. The zero-order chi connectivity index (χ0) is 18.3. The summed E-state index contributed by atoms with van der Waals surface area (Å²) in [5, 5.41) is 2.03. The number of thiophene rings is 1. The number of ether oxygens (including phenoxy) is 1. The molecule has 0 amide bonds. The van der Waals surface area contributed by atoms with Crippen molar-refractivity contribution in [3.63, 3.8) is 0 Å². The molecule has 1 aliphatic rings. The van der Waals surface area contributed by atoms with Gasteiger partial charge in [-0.2, -0.15) is 0 Å². The van der Waals surface area contributed by atoms with Gasteiger partial charge in [-0.1, -0.05) is 25.6 Å². The molecular formula is C19H21N3O2S2. The number of esters is 1. The van der Waals surface area contributed by atoms with E-state index in [2.05, 4.69) is 23.8 Å². The maximum absolute atomic E-state index is 11.7. The van der Waals surface area contributed by atoms with Crippen molar-refractivity contribution in [2.75, 3.05) is 12.4 Å². The van der Waals surface area contributed by atoms with Crippen LogP contribution < -0.4 is 0 Å². The Morgan fingerprint density at radius 1 is 1.31 bits per heavy atom. The predicted molar refractivity (Wildman–Crippen MR) is 106 cm³/mol. The van der Waals surface area contributed by atoms with Crippen molar-refractivity contribution in [3.05, 3.63) is 23.1 Å². The van der Waals surface area contributed by atoms with Gasteiger partial charge in [-0.15, -0.1) is 11.3 Å². The maximum Gasteiger partial charge on any atom is 0.316 e. The Labute approximate surface area is 160 Å². The Hall–Kier alpha value is -1.73. The Kier molecular flexibility index (Phi) is 4.84. The van der Waals surface area contributed by atoms with E-state index in [4.69, 9.17) is 9.72 Å². The molecule has 7 heteroatoms. The van der Waals surface area contributed by atoms with E-state index in [1.54, 1.807) is 17.7 Å². The van der Waals surface area contributed by atoms with Crippen LogP contribution in [0.3, 0.4) is 0 Å². The molecule has 26 heavy (non-hydrogen) atoms. The van der Waals surface area contributed by atoms with E-state index in [1.807, 2.05) is 6.92 Å². The lowest BCUT2D eigenvalue weighted by Gasteiger charge is -2.11. The van der Waals surface area contributed by atoms with Crippen LogP contribution in [0.25, 0.3) is 20.4 Å². The molecule has 0 radical (unpaired) electrons. The first-order valence-electron chi connectivity index (χ1n) is 8.97. The normalized spacial score (nSPS) is 13.7. The number of hydrogen-bond donors (Lipinski definition) is 0. The van der Waals surface area contributed by atoms with E-state index in [9.17, 15) is 4.79 Å². The van der Waals surface area contributed by atoms with Crippen molar-refractivity contribution in [2.45, 2.75) is 51.0 Å². The third kappa shape index (κ3) is 2.97. The average Bonchev–Trinajstić information content (AvgIpc) is 3.23. The lowest BCUT2D eigenvalue weighted by molar-refractivity contribution is -0.139. The monoisotopic (exact) mass is 387 g/mol. The summed E-state index contributed by atoms with van der Waals surface area (Å²) < 4.78 is 6.05. The standard InChI is InChI=1S/C19H21N3O2S2/c1-4-24-13(23)8-25-19-17-16(20-9-21-19)14-11-6-5-7-12(11)15(10(2)3)22-18(14)26-17/h9-10H,4-8H2,1-3H3. The Morgan fingerprint density at radius 2 is 2.12 bits per heavy atom. The first kappa shape index (κ1) is 17.7. The molecule has 0 saturated heterocycles. The van der Waals surface area contributed by atoms with Crippen LogP contribution in [0.4, 0.5) is 0 Å². The van der Waals surface area contributed by atoms with Gasteiger partial charge in [0.15, 0.2) is 0 Å². The van der Waals surface area contributed by atoms with Crippen molar-refractivity contribution in [2.24, 2.45) is 0 Å². The number of aromatic nitrogens is 3. The second kappa shape index (κ2) is 7.12. The van der Waals surface area contributed by atoms with Crippen molar-refractivity contribution < 1.29 is 9.53 Å². The van der Waals surface area contributed by atoms with E-state index >= 15 is 0 Å². The van der Waals surface area contributed by atoms with E-state index < -0.39 is 0 Å². The summed E-state index contributed by atoms with van der Waals surface area (Å²) in [5.74, 6) is 0.462. The first-order chi connectivity index (χ1) is 12.6. The van der Waals surface area contributed by atoms with E-state index in [0.29, 0.717) is 12.5 Å². The summed E-state index contributed by atoms with van der Waals surface area (Å²) in [6.45, 7) is 6.63. The summed E-state index contributed by atoms with van der Waals surface area (Å²) in [4.78, 5) is 26.7. The highest BCUT2D eigenvalue weighted by molar-refractivity contribution is 8.00. The minimum atomic E-state index is -0.216. The van der Waals surface area contributed by atoms with Crippen molar-refractivity contribution in [1.82, 2.24) is 15.0 Å². The van der Waals surface area contributed by atoms with Gasteiger partial charge in [0, 0.05) is 11.1 Å². The molecule has 0 unspecified atom stereocenters. The molecule has 3 heterocycles. The molecule has 0 aliphatic heterocycles. The lowest BCUT2D eigenvalue weighted by Crippen LogP contribution is -2.06. The van der Waals surface area contributed by atoms with Gasteiger partial charge in [0.1, 0.15) is 16.2 Å². The molecule has 0 fully saturated rings. The van der Waals surface area contributed by atoms with E-state index in [1.165, 1.54) is 40.4 Å². The van der Waals surface area contributed by atoms with Gasteiger partial charge in [0.25, 0.3) is 0 Å². The van der Waals surface area contributed by atoms with Crippen molar-refractivity contribution in [3.8, 4) is 0 Å². The molecule has 0 bridgehead atoms. The minimum Gasteiger partial charge on any atom is -0.465 e. The van der Waals surface area contributed by atoms with Crippen LogP contribution in [0.15, 0.2) is 11.4 Å². The van der Waals surface area contributed by atoms with Gasteiger partial charge in [-0.25, -0.2) is 15.0 Å². The van der Waals surface area contributed by atoms with E-state index in [-0.39, 0.29) is 11.7 Å². The molecule has 4 rings (SSSR count). The fraction of sp³-hybridized carbons (Fsp3) is 0.474. The molecule has 5 nitrogen and oxygen atoms in total. The fourth-order valence-corrected chi connectivity index (χ4v) is 5.66. The topological polar surface area (TPSA) is 65.0 Å². The SMILES string of the molecule is CCOC(=O)CSc1ncnc2c1sc1nc(C(C)C)c3c(c12)CCC3. The van der Waals surface area contributed by atoms with Gasteiger partial charge >= 0.3 is 5.97 Å². The number of hydrogen-bond acceptors (Lipinski definition) is 7. The summed E-state index contributed by atoms with van der Waals surface area (Å²) >= 11 is 3.06. The summed E-state index contributed by atoms with van der Waals surface area (Å²) in [6.07, 6.45) is 4.98. The number of rotatable bonds is 5. The third-order valence-corrected chi connectivity index (χ3v) is 6.82. The number of thioether (sulfide) groups is 1. The largest absolute Gasteiger partial charge is 0.465 e. The number of aryl methyl sites for hydroxylation is 1. The Balaban J connectivity index is 1.84. The number of nitrogens with zero attached hydrogens (tertiary/aromatic N) is 3. The molecule has 0 spiro atoms. The zero-order valence-corrected chi connectivity index (χ0v) is 16.8. The summed E-state index contributed by atoms with van der Waals surface area (Å²) in [7, 11) is 0. The summed E-state index contributed by atoms with van der Waals surface area (Å²) in [5.41, 5.74) is 5.05. The van der Waals surface area contributed by atoms with Crippen molar-refractivity contribution >= 4 is 49.5 Å². The van der Waals surface area contributed by atoms with Gasteiger partial charge in [0.2, 0.25) is 0 Å². The molecule has 0 atom stereocenters. The highest BCUT2D eigenvalue weighted by atomic mass is 32.2. The predicted octanol–water partition coefficient (Wildman–Crippen LogP) is 4.51. The van der Waals surface area contributed by atoms with Crippen LogP contribution in [0.5, 0.6) is 0 Å². The molecule has 0 N–H and O–H groups in total. The van der Waals surface area contributed by atoms with Crippen LogP contribution in [0.1, 0.15) is 49.9 Å². The van der Waals surface area contributed by atoms with Crippen LogP contribution in [-0.4, -0.2) is 33.3 Å². The van der Waals surface area contributed by atoms with Gasteiger partial charge < -0.3 is 4.74 Å². The molecule has 0 aromatic carbocycles. The van der Waals surface area contributed by atoms with E-state index in [0.717, 1.165) is 32.9 Å². The molecule has 3 aromatic heterocycles. The molecule has 0 saturated carbocycles. The summed E-state index contributed by atoms with van der Waals surface area (Å²) in [6, 6.07) is 0. The first-order valence-corrected chi connectivity index (χ1v) is 10.8. The quantitative estimate of drug-likeness (QED) is 0.365. The molecule has 136 valence electrons. The van der Waals surface area contributed by atoms with Crippen LogP contribution in [0, 0.1) is 0 Å². The molecule has 3 aromatic rings. The minimum absolute atomic E-state index is 0.216. The zero-order valence-electron chi connectivity index (χ0n) is 15.2. The smallest absolute Gasteiger partial charge is 0.316 e. The van der Waals surface area contributed by atoms with Gasteiger partial charge in [-0.3, -0.25) is 4.79 Å². The van der Waals surface area contributed by atoms with Crippen molar-refractivity contribution in [1.29, 1.82) is 0 Å². The highest BCUT2D eigenvalue weighted by Gasteiger charge is 2.25. The fourth-order valence-electron chi connectivity index (χ4n) is 3.62. The Bertz CT molecular complexity index is 998. The second-order valence-corrected chi connectivity index (χ2v) is 8.66.